The van der Waals surface area contributed by atoms with E-state index >= 15 is 0 Å². The second-order valence-corrected chi connectivity index (χ2v) is 11.6. The fraction of sp³-hybridized carbons (Fsp3) is 0.360. The number of pyridine rings is 1. The maximum absolute atomic E-state index is 14.4. The third-order valence-electron chi connectivity index (χ3n) is 6.51. The molecule has 4 aromatic rings. The fourth-order valence-corrected chi connectivity index (χ4v) is 5.87. The zero-order chi connectivity index (χ0) is 27.1. The maximum atomic E-state index is 14.4. The van der Waals surface area contributed by atoms with Crippen LogP contribution in [0.3, 0.4) is 0 Å². The summed E-state index contributed by atoms with van der Waals surface area (Å²) in [6.07, 6.45) is 2.04. The molecule has 13 heteroatoms. The summed E-state index contributed by atoms with van der Waals surface area (Å²) in [6, 6.07) is 6.79. The van der Waals surface area contributed by atoms with Crippen LogP contribution in [-0.2, 0) is 23.3 Å². The molecule has 0 unspecified atom stereocenters. The second kappa shape index (κ2) is 10.0. The lowest BCUT2D eigenvalue weighted by atomic mass is 10.1. The van der Waals surface area contributed by atoms with E-state index in [0.29, 0.717) is 30.0 Å². The second-order valence-electron chi connectivity index (χ2n) is 9.25. The predicted octanol–water partition coefficient (Wildman–Crippen LogP) is 4.13. The highest BCUT2D eigenvalue weighted by molar-refractivity contribution is 7.91. The van der Waals surface area contributed by atoms with Crippen LogP contribution in [0.4, 0.5) is 17.6 Å². The van der Waals surface area contributed by atoms with Crippen LogP contribution in [0.15, 0.2) is 48.9 Å². The molecular formula is C25H25F4N5O3S. The quantitative estimate of drug-likeness (QED) is 0.322. The molecule has 0 aliphatic carbocycles. The topological polar surface area (TPSA) is 82.2 Å². The molecule has 0 radical (unpaired) electrons. The van der Waals surface area contributed by atoms with Gasteiger partial charge in [-0.3, -0.25) is 9.25 Å². The lowest BCUT2D eigenvalue weighted by molar-refractivity contribution is -0.275. The maximum Gasteiger partial charge on any atom is 0.573 e. The normalized spacial score (nSPS) is 16.2. The summed E-state index contributed by atoms with van der Waals surface area (Å²) >= 11 is 0. The van der Waals surface area contributed by atoms with E-state index in [9.17, 15) is 26.0 Å². The van der Waals surface area contributed by atoms with Crippen molar-refractivity contribution >= 4 is 20.9 Å². The van der Waals surface area contributed by atoms with Crippen molar-refractivity contribution in [3.05, 3.63) is 60.3 Å². The Kier molecular flexibility index (Phi) is 6.90. The van der Waals surface area contributed by atoms with Crippen molar-refractivity contribution in [1.82, 2.24) is 24.2 Å². The third-order valence-corrected chi connectivity index (χ3v) is 8.12. The van der Waals surface area contributed by atoms with Gasteiger partial charge in [-0.15, -0.1) is 13.2 Å². The minimum atomic E-state index is -4.99. The Labute approximate surface area is 216 Å². The van der Waals surface area contributed by atoms with Crippen LogP contribution >= 0.6 is 0 Å². The zero-order valence-corrected chi connectivity index (χ0v) is 21.3. The van der Waals surface area contributed by atoms with Crippen LogP contribution in [0.2, 0.25) is 0 Å². The zero-order valence-electron chi connectivity index (χ0n) is 20.4. The van der Waals surface area contributed by atoms with E-state index in [1.165, 1.54) is 6.07 Å². The average molecular weight is 552 g/mol. The van der Waals surface area contributed by atoms with Crippen LogP contribution in [0.5, 0.6) is 5.75 Å². The van der Waals surface area contributed by atoms with Gasteiger partial charge in [0.2, 0.25) is 0 Å². The Bertz CT molecular complexity index is 1570. The van der Waals surface area contributed by atoms with Crippen molar-refractivity contribution in [3.63, 3.8) is 0 Å². The highest BCUT2D eigenvalue weighted by Crippen LogP contribution is 2.31. The number of alkyl halides is 3. The van der Waals surface area contributed by atoms with E-state index in [1.54, 1.807) is 24.0 Å². The molecule has 1 aliphatic heterocycles. The van der Waals surface area contributed by atoms with Crippen LogP contribution in [0.1, 0.15) is 12.0 Å². The van der Waals surface area contributed by atoms with Gasteiger partial charge in [0.05, 0.1) is 29.1 Å². The molecule has 8 nitrogen and oxygen atoms in total. The number of benzene rings is 1. The van der Waals surface area contributed by atoms with Gasteiger partial charge in [-0.05, 0) is 55.3 Å². The van der Waals surface area contributed by atoms with Crippen LogP contribution < -0.4 is 4.74 Å². The van der Waals surface area contributed by atoms with Crippen LogP contribution in [0.25, 0.3) is 28.0 Å². The largest absolute Gasteiger partial charge is 0.573 e. The minimum absolute atomic E-state index is 0.184. The third kappa shape index (κ3) is 5.83. The lowest BCUT2D eigenvalue weighted by Crippen LogP contribution is -2.40. The molecule has 5 rings (SSSR count). The molecule has 0 N–H and O–H groups in total. The monoisotopic (exact) mass is 551 g/mol. The lowest BCUT2D eigenvalue weighted by Gasteiger charge is -2.26. The van der Waals surface area contributed by atoms with E-state index < -0.39 is 27.8 Å². The van der Waals surface area contributed by atoms with Gasteiger partial charge in [-0.2, -0.15) is 5.10 Å². The standard InChI is InChI=1S/C25H25F4N5O3S/c1-32-16-19(14-30-32)34-15-18(3-2-8-33-9-11-38(35,36)12-10-33)20-5-6-22(31-24(20)34)17-4-7-23(21(26)13-17)37-25(27,28)29/h4-7,13-16H,2-3,8-12H2,1H3. The van der Waals surface area contributed by atoms with Gasteiger partial charge in [0.1, 0.15) is 5.65 Å². The summed E-state index contributed by atoms with van der Waals surface area (Å²) in [6.45, 7) is 1.84. The van der Waals surface area contributed by atoms with Crippen molar-refractivity contribution in [3.8, 4) is 22.7 Å². The number of sulfone groups is 1. The molecule has 1 aliphatic rings. The molecule has 0 amide bonds. The molecule has 0 bridgehead atoms. The van der Waals surface area contributed by atoms with Gasteiger partial charge in [-0.1, -0.05) is 0 Å². The van der Waals surface area contributed by atoms with Crippen molar-refractivity contribution in [2.24, 2.45) is 7.05 Å². The molecule has 0 atom stereocenters. The number of hydrogen-bond acceptors (Lipinski definition) is 6. The summed E-state index contributed by atoms with van der Waals surface area (Å²) in [5.74, 6) is -1.68. The molecule has 0 saturated carbocycles. The van der Waals surface area contributed by atoms with Crippen LogP contribution in [0, 0.1) is 5.82 Å². The van der Waals surface area contributed by atoms with E-state index in [2.05, 4.69) is 14.7 Å². The molecule has 38 heavy (non-hydrogen) atoms. The Morgan fingerprint density at radius 3 is 2.50 bits per heavy atom. The number of hydrogen-bond donors (Lipinski definition) is 0. The van der Waals surface area contributed by atoms with Crippen molar-refractivity contribution in [1.29, 1.82) is 0 Å². The minimum Gasteiger partial charge on any atom is -0.403 e. The van der Waals surface area contributed by atoms with Gasteiger partial charge in [0, 0.05) is 43.5 Å². The van der Waals surface area contributed by atoms with Crippen molar-refractivity contribution in [2.75, 3.05) is 31.1 Å². The predicted molar refractivity (Wildman–Crippen MR) is 133 cm³/mol. The van der Waals surface area contributed by atoms with Gasteiger partial charge < -0.3 is 9.64 Å². The number of aromatic nitrogens is 4. The van der Waals surface area contributed by atoms with E-state index in [1.807, 2.05) is 23.0 Å². The number of ether oxygens (including phenoxy) is 1. The van der Waals surface area contributed by atoms with Gasteiger partial charge in [-0.25, -0.2) is 17.8 Å². The Balaban J connectivity index is 1.43. The van der Waals surface area contributed by atoms with E-state index in [0.717, 1.165) is 48.2 Å². The highest BCUT2D eigenvalue weighted by Gasteiger charge is 2.32. The molecule has 1 aromatic carbocycles. The summed E-state index contributed by atoms with van der Waals surface area (Å²) in [7, 11) is -1.14. The first-order valence-corrected chi connectivity index (χ1v) is 13.8. The number of rotatable bonds is 7. The number of nitrogens with zero attached hydrogens (tertiary/aromatic N) is 5. The molecule has 3 aromatic heterocycles. The van der Waals surface area contributed by atoms with Gasteiger partial charge >= 0.3 is 6.36 Å². The average Bonchev–Trinajstić information content (AvgIpc) is 3.43. The van der Waals surface area contributed by atoms with Gasteiger partial charge in [0.25, 0.3) is 0 Å². The SMILES string of the molecule is Cn1cc(-n2cc(CCCN3CCS(=O)(=O)CC3)c3ccc(-c4ccc(OC(F)(F)F)c(F)c4)nc32)cn1. The smallest absolute Gasteiger partial charge is 0.403 e. The van der Waals surface area contributed by atoms with Crippen molar-refractivity contribution in [2.45, 2.75) is 19.2 Å². The Morgan fingerprint density at radius 2 is 1.84 bits per heavy atom. The first kappa shape index (κ1) is 26.2. The number of fused-ring (bicyclic) bond motifs is 1. The summed E-state index contributed by atoms with van der Waals surface area (Å²) < 4.78 is 82.5. The number of halogens is 4. The van der Waals surface area contributed by atoms with Crippen molar-refractivity contribution < 1.29 is 30.7 Å². The van der Waals surface area contributed by atoms with E-state index in [4.69, 9.17) is 4.98 Å². The molecular weight excluding hydrogens is 526 g/mol. The molecule has 1 fully saturated rings. The first-order valence-electron chi connectivity index (χ1n) is 12.0. The van der Waals surface area contributed by atoms with Crippen LogP contribution in [-0.4, -0.2) is 70.2 Å². The Hall–Kier alpha value is -3.45. The molecule has 4 heterocycles. The molecule has 0 spiro atoms. The highest BCUT2D eigenvalue weighted by atomic mass is 32.2. The number of aryl methyl sites for hydroxylation is 2. The fourth-order valence-electron chi connectivity index (χ4n) is 4.59. The van der Waals surface area contributed by atoms with E-state index in [-0.39, 0.29) is 11.5 Å². The molecule has 202 valence electrons. The Morgan fingerprint density at radius 1 is 1.08 bits per heavy atom. The first-order chi connectivity index (χ1) is 18.0. The summed E-state index contributed by atoms with van der Waals surface area (Å²) in [5, 5.41) is 5.12. The molecule has 1 saturated heterocycles. The summed E-state index contributed by atoms with van der Waals surface area (Å²) in [4.78, 5) is 6.88. The van der Waals surface area contributed by atoms with Gasteiger partial charge in [0.15, 0.2) is 21.4 Å². The summed E-state index contributed by atoms with van der Waals surface area (Å²) in [5.41, 5.74) is 3.10.